The maximum Gasteiger partial charge on any atom is 0.241 e. The summed E-state index contributed by atoms with van der Waals surface area (Å²) in [7, 11) is -3.61. The van der Waals surface area contributed by atoms with Gasteiger partial charge in [-0.05, 0) is 47.1 Å². The molecule has 0 amide bonds. The number of aryl methyl sites for hydroxylation is 2. The van der Waals surface area contributed by atoms with Crippen LogP contribution in [0.5, 0.6) is 0 Å². The van der Waals surface area contributed by atoms with E-state index in [-0.39, 0.29) is 12.0 Å². The summed E-state index contributed by atoms with van der Waals surface area (Å²) in [4.78, 5) is 4.30. The van der Waals surface area contributed by atoms with E-state index in [9.17, 15) is 8.42 Å². The molecule has 2 aromatic carbocycles. The Kier molecular flexibility index (Phi) is 5.91. The standard InChI is InChI=1S/C22H28N4O2S/c1-16-10-20(22(3,4)5)11-17(2)21(16)29(27,28)25-12-18-6-8-19(9-7-18)13-26-15-23-14-24-26/h6-11,14-15,25H,12-13H2,1-5H3. The van der Waals surface area contributed by atoms with Gasteiger partial charge >= 0.3 is 0 Å². The average Bonchev–Trinajstić information content (AvgIpc) is 3.12. The third-order valence-electron chi connectivity index (χ3n) is 4.90. The third kappa shape index (κ3) is 5.10. The van der Waals surface area contributed by atoms with Crippen molar-refractivity contribution in [2.45, 2.75) is 58.0 Å². The van der Waals surface area contributed by atoms with Crippen LogP contribution < -0.4 is 4.72 Å². The first-order valence-electron chi connectivity index (χ1n) is 9.58. The van der Waals surface area contributed by atoms with Gasteiger partial charge in [0.2, 0.25) is 10.0 Å². The molecule has 29 heavy (non-hydrogen) atoms. The van der Waals surface area contributed by atoms with Crippen LogP contribution in [0.25, 0.3) is 0 Å². The van der Waals surface area contributed by atoms with Gasteiger partial charge in [0.25, 0.3) is 0 Å². The highest BCUT2D eigenvalue weighted by molar-refractivity contribution is 7.89. The van der Waals surface area contributed by atoms with Gasteiger partial charge in [-0.1, -0.05) is 57.2 Å². The van der Waals surface area contributed by atoms with Crippen LogP contribution >= 0.6 is 0 Å². The van der Waals surface area contributed by atoms with Crippen LogP contribution in [0.4, 0.5) is 0 Å². The van der Waals surface area contributed by atoms with Crippen molar-refractivity contribution in [2.75, 3.05) is 0 Å². The van der Waals surface area contributed by atoms with E-state index in [1.165, 1.54) is 6.33 Å². The SMILES string of the molecule is Cc1cc(C(C)(C)C)cc(C)c1S(=O)(=O)NCc1ccc(Cn2cncn2)cc1. The van der Waals surface area contributed by atoms with Crippen LogP contribution in [0.1, 0.15) is 48.6 Å². The van der Waals surface area contributed by atoms with Gasteiger partial charge in [0.05, 0.1) is 11.4 Å². The third-order valence-corrected chi connectivity index (χ3v) is 6.60. The fraction of sp³-hybridized carbons (Fsp3) is 0.364. The summed E-state index contributed by atoms with van der Waals surface area (Å²) in [6.07, 6.45) is 3.17. The average molecular weight is 413 g/mol. The van der Waals surface area contributed by atoms with Gasteiger partial charge in [0.1, 0.15) is 12.7 Å². The smallest absolute Gasteiger partial charge is 0.241 e. The van der Waals surface area contributed by atoms with E-state index in [1.807, 2.05) is 50.2 Å². The van der Waals surface area contributed by atoms with Gasteiger partial charge < -0.3 is 0 Å². The summed E-state index contributed by atoms with van der Waals surface area (Å²) < 4.78 is 30.4. The van der Waals surface area contributed by atoms with Gasteiger partial charge in [0, 0.05) is 6.54 Å². The number of nitrogens with one attached hydrogen (secondary N) is 1. The number of sulfonamides is 1. The largest absolute Gasteiger partial charge is 0.249 e. The van der Waals surface area contributed by atoms with Crippen molar-refractivity contribution in [3.63, 3.8) is 0 Å². The van der Waals surface area contributed by atoms with Gasteiger partial charge in [-0.15, -0.1) is 0 Å². The molecule has 3 aromatic rings. The zero-order chi connectivity index (χ0) is 21.2. The molecule has 154 valence electrons. The molecule has 0 radical (unpaired) electrons. The maximum atomic E-state index is 13.0. The summed E-state index contributed by atoms with van der Waals surface area (Å²) in [6.45, 7) is 11.0. The molecule has 0 saturated carbocycles. The minimum atomic E-state index is -3.61. The molecular formula is C22H28N4O2S. The van der Waals surface area contributed by atoms with Crippen molar-refractivity contribution < 1.29 is 8.42 Å². The molecule has 0 aliphatic heterocycles. The van der Waals surface area contributed by atoms with Crippen molar-refractivity contribution in [1.82, 2.24) is 19.5 Å². The fourth-order valence-electron chi connectivity index (χ4n) is 3.32. The monoisotopic (exact) mass is 412 g/mol. The quantitative estimate of drug-likeness (QED) is 0.669. The number of hydrogen-bond donors (Lipinski definition) is 1. The molecule has 0 aliphatic rings. The van der Waals surface area contributed by atoms with Crippen molar-refractivity contribution in [3.8, 4) is 0 Å². The Hall–Kier alpha value is -2.51. The summed E-state index contributed by atoms with van der Waals surface area (Å²) in [6, 6.07) is 11.7. The van der Waals surface area contributed by atoms with Crippen LogP contribution in [0.3, 0.4) is 0 Å². The summed E-state index contributed by atoms with van der Waals surface area (Å²) >= 11 is 0. The van der Waals surface area contributed by atoms with Gasteiger partial charge in [-0.3, -0.25) is 0 Å². The minimum absolute atomic E-state index is 0.0286. The second-order valence-electron chi connectivity index (χ2n) is 8.42. The van der Waals surface area contributed by atoms with E-state index in [0.29, 0.717) is 11.4 Å². The Labute approximate surface area is 173 Å². The van der Waals surface area contributed by atoms with Crippen LogP contribution in [0, 0.1) is 13.8 Å². The van der Waals surface area contributed by atoms with Crippen molar-refractivity contribution in [2.24, 2.45) is 0 Å². The number of aromatic nitrogens is 3. The molecule has 6 nitrogen and oxygen atoms in total. The first-order valence-corrected chi connectivity index (χ1v) is 11.1. The van der Waals surface area contributed by atoms with Crippen LogP contribution in [-0.2, 0) is 28.5 Å². The lowest BCUT2D eigenvalue weighted by molar-refractivity contribution is 0.575. The molecule has 0 aliphatic carbocycles. The molecule has 1 N–H and O–H groups in total. The molecule has 3 rings (SSSR count). The zero-order valence-electron chi connectivity index (χ0n) is 17.6. The number of benzene rings is 2. The number of rotatable bonds is 6. The predicted octanol–water partition coefficient (Wildman–Crippen LogP) is 3.72. The summed E-state index contributed by atoms with van der Waals surface area (Å²) in [5.74, 6) is 0. The molecule has 0 fully saturated rings. The Morgan fingerprint density at radius 1 is 1.00 bits per heavy atom. The molecular weight excluding hydrogens is 384 g/mol. The highest BCUT2D eigenvalue weighted by Gasteiger charge is 2.23. The van der Waals surface area contributed by atoms with E-state index in [2.05, 4.69) is 35.6 Å². The predicted molar refractivity (Wildman–Crippen MR) is 114 cm³/mol. The van der Waals surface area contributed by atoms with Crippen molar-refractivity contribution >= 4 is 10.0 Å². The molecule has 0 atom stereocenters. The van der Waals surface area contributed by atoms with E-state index in [4.69, 9.17) is 0 Å². The first-order chi connectivity index (χ1) is 13.6. The van der Waals surface area contributed by atoms with E-state index in [1.54, 1.807) is 11.0 Å². The lowest BCUT2D eigenvalue weighted by Gasteiger charge is -2.22. The second-order valence-corrected chi connectivity index (χ2v) is 10.1. The summed E-state index contributed by atoms with van der Waals surface area (Å²) in [5.41, 5.74) is 4.62. The van der Waals surface area contributed by atoms with Gasteiger partial charge in [0.15, 0.2) is 0 Å². The van der Waals surface area contributed by atoms with Gasteiger partial charge in [-0.2, -0.15) is 5.10 Å². The van der Waals surface area contributed by atoms with Crippen molar-refractivity contribution in [3.05, 3.63) is 76.9 Å². The second kappa shape index (κ2) is 8.08. The highest BCUT2D eigenvalue weighted by Crippen LogP contribution is 2.29. The fourth-order valence-corrected chi connectivity index (χ4v) is 4.79. The van der Waals surface area contributed by atoms with Crippen LogP contribution in [-0.4, -0.2) is 23.2 Å². The van der Waals surface area contributed by atoms with E-state index in [0.717, 1.165) is 27.8 Å². The van der Waals surface area contributed by atoms with E-state index < -0.39 is 10.0 Å². The molecule has 0 saturated heterocycles. The van der Waals surface area contributed by atoms with Crippen LogP contribution in [0.15, 0.2) is 53.9 Å². The normalized spacial score (nSPS) is 12.3. The molecule has 0 spiro atoms. The molecule has 1 aromatic heterocycles. The Morgan fingerprint density at radius 2 is 1.59 bits per heavy atom. The Balaban J connectivity index is 1.73. The van der Waals surface area contributed by atoms with Crippen LogP contribution in [0.2, 0.25) is 0 Å². The summed E-state index contributed by atoms with van der Waals surface area (Å²) in [5, 5.41) is 4.09. The van der Waals surface area contributed by atoms with E-state index >= 15 is 0 Å². The van der Waals surface area contributed by atoms with Gasteiger partial charge in [-0.25, -0.2) is 22.8 Å². The highest BCUT2D eigenvalue weighted by atomic mass is 32.2. The lowest BCUT2D eigenvalue weighted by atomic mass is 9.85. The number of hydrogen-bond acceptors (Lipinski definition) is 4. The lowest BCUT2D eigenvalue weighted by Crippen LogP contribution is -2.25. The Bertz CT molecular complexity index is 1060. The first kappa shape index (κ1) is 21.2. The minimum Gasteiger partial charge on any atom is -0.249 e. The molecule has 1 heterocycles. The van der Waals surface area contributed by atoms with Crippen molar-refractivity contribution in [1.29, 1.82) is 0 Å². The molecule has 7 heteroatoms. The molecule has 0 unspecified atom stereocenters. The molecule has 0 bridgehead atoms. The zero-order valence-corrected chi connectivity index (χ0v) is 18.4. The Morgan fingerprint density at radius 3 is 2.10 bits per heavy atom. The number of nitrogens with zero attached hydrogens (tertiary/aromatic N) is 3. The maximum absolute atomic E-state index is 13.0. The topological polar surface area (TPSA) is 76.9 Å².